The molecule has 0 bridgehead atoms. The molecule has 2 N–H and O–H groups in total. The Bertz CT molecular complexity index is 328. The third kappa shape index (κ3) is 3.03. The molecule has 1 aliphatic rings. The molecule has 2 nitrogen and oxygen atoms in total. The Morgan fingerprint density at radius 1 is 1.67 bits per heavy atom. The van der Waals surface area contributed by atoms with Crippen LogP contribution in [-0.4, -0.2) is 18.8 Å². The SMILES string of the molecule is CC1CC(C(N)Cc2ccc(Br)s2)CO1. The number of rotatable bonds is 3. The summed E-state index contributed by atoms with van der Waals surface area (Å²) in [7, 11) is 0. The van der Waals surface area contributed by atoms with E-state index < -0.39 is 0 Å². The quantitative estimate of drug-likeness (QED) is 0.929. The van der Waals surface area contributed by atoms with Crippen LogP contribution in [0.25, 0.3) is 0 Å². The minimum atomic E-state index is 0.237. The number of hydrogen-bond donors (Lipinski definition) is 1. The van der Waals surface area contributed by atoms with Gasteiger partial charge in [0.2, 0.25) is 0 Å². The van der Waals surface area contributed by atoms with Crippen molar-refractivity contribution >= 4 is 27.3 Å². The lowest BCUT2D eigenvalue weighted by Gasteiger charge is -2.16. The van der Waals surface area contributed by atoms with E-state index in [0.29, 0.717) is 12.0 Å². The van der Waals surface area contributed by atoms with Gasteiger partial charge in [0.15, 0.2) is 0 Å². The Balaban J connectivity index is 1.89. The second-order valence-electron chi connectivity index (χ2n) is 4.21. The second kappa shape index (κ2) is 4.95. The van der Waals surface area contributed by atoms with Crippen LogP contribution in [0.15, 0.2) is 15.9 Å². The number of ether oxygens (including phenoxy) is 1. The lowest BCUT2D eigenvalue weighted by Crippen LogP contribution is -2.32. The van der Waals surface area contributed by atoms with Crippen LogP contribution < -0.4 is 5.73 Å². The van der Waals surface area contributed by atoms with Crippen LogP contribution in [0.4, 0.5) is 0 Å². The Morgan fingerprint density at radius 2 is 2.47 bits per heavy atom. The van der Waals surface area contributed by atoms with E-state index in [1.807, 2.05) is 0 Å². The summed E-state index contributed by atoms with van der Waals surface area (Å²) in [5.74, 6) is 0.529. The van der Waals surface area contributed by atoms with Crippen LogP contribution in [0.1, 0.15) is 18.2 Å². The minimum Gasteiger partial charge on any atom is -0.378 e. The molecule has 2 heterocycles. The van der Waals surface area contributed by atoms with Crippen molar-refractivity contribution in [1.82, 2.24) is 0 Å². The summed E-state index contributed by atoms with van der Waals surface area (Å²) in [6.07, 6.45) is 2.46. The van der Waals surface area contributed by atoms with Gasteiger partial charge in [-0.25, -0.2) is 0 Å². The van der Waals surface area contributed by atoms with Gasteiger partial charge in [-0.3, -0.25) is 0 Å². The molecule has 0 aliphatic carbocycles. The lowest BCUT2D eigenvalue weighted by atomic mass is 9.95. The van der Waals surface area contributed by atoms with Gasteiger partial charge in [-0.05, 0) is 47.8 Å². The zero-order valence-corrected chi connectivity index (χ0v) is 11.2. The van der Waals surface area contributed by atoms with Crippen molar-refractivity contribution in [3.63, 3.8) is 0 Å². The maximum Gasteiger partial charge on any atom is 0.0701 e. The van der Waals surface area contributed by atoms with Crippen molar-refractivity contribution in [1.29, 1.82) is 0 Å². The van der Waals surface area contributed by atoms with Crippen molar-refractivity contribution in [2.75, 3.05) is 6.61 Å². The van der Waals surface area contributed by atoms with Crippen molar-refractivity contribution in [3.05, 3.63) is 20.8 Å². The maximum absolute atomic E-state index is 6.19. The predicted octanol–water partition coefficient (Wildman–Crippen LogP) is 2.81. The largest absolute Gasteiger partial charge is 0.378 e. The molecule has 1 saturated heterocycles. The first-order valence-corrected chi connectivity index (χ1v) is 6.87. The zero-order chi connectivity index (χ0) is 10.8. The van der Waals surface area contributed by atoms with Crippen LogP contribution in [0.5, 0.6) is 0 Å². The fraction of sp³-hybridized carbons (Fsp3) is 0.636. The third-order valence-corrected chi connectivity index (χ3v) is 4.55. The van der Waals surface area contributed by atoms with Crippen LogP contribution in [0.3, 0.4) is 0 Å². The van der Waals surface area contributed by atoms with E-state index >= 15 is 0 Å². The van der Waals surface area contributed by atoms with Crippen LogP contribution in [0.2, 0.25) is 0 Å². The van der Waals surface area contributed by atoms with Gasteiger partial charge in [-0.2, -0.15) is 0 Å². The van der Waals surface area contributed by atoms with Gasteiger partial charge in [0, 0.05) is 16.8 Å². The van der Waals surface area contributed by atoms with E-state index in [0.717, 1.165) is 19.4 Å². The molecule has 0 saturated carbocycles. The van der Waals surface area contributed by atoms with Crippen molar-refractivity contribution < 1.29 is 4.74 Å². The van der Waals surface area contributed by atoms with Gasteiger partial charge >= 0.3 is 0 Å². The van der Waals surface area contributed by atoms with Gasteiger partial charge in [-0.15, -0.1) is 11.3 Å². The molecule has 1 aliphatic heterocycles. The smallest absolute Gasteiger partial charge is 0.0701 e. The lowest BCUT2D eigenvalue weighted by molar-refractivity contribution is 0.118. The summed E-state index contributed by atoms with van der Waals surface area (Å²) < 4.78 is 6.72. The Kier molecular flexibility index (Phi) is 3.83. The highest BCUT2D eigenvalue weighted by molar-refractivity contribution is 9.11. The highest BCUT2D eigenvalue weighted by Crippen LogP contribution is 2.27. The summed E-state index contributed by atoms with van der Waals surface area (Å²) in [6.45, 7) is 2.95. The predicted molar refractivity (Wildman–Crippen MR) is 67.2 cm³/mol. The summed E-state index contributed by atoms with van der Waals surface area (Å²) in [6, 6.07) is 4.47. The summed E-state index contributed by atoms with van der Waals surface area (Å²) in [5.41, 5.74) is 6.19. The molecule has 4 heteroatoms. The summed E-state index contributed by atoms with van der Waals surface area (Å²) >= 11 is 5.24. The number of nitrogens with two attached hydrogens (primary N) is 1. The van der Waals surface area contributed by atoms with E-state index in [9.17, 15) is 0 Å². The molecule has 0 aromatic carbocycles. The van der Waals surface area contributed by atoms with E-state index in [2.05, 4.69) is 35.0 Å². The van der Waals surface area contributed by atoms with Crippen molar-refractivity contribution in [3.8, 4) is 0 Å². The first kappa shape index (κ1) is 11.6. The van der Waals surface area contributed by atoms with Gasteiger partial charge in [0.1, 0.15) is 0 Å². The standard InChI is InChI=1S/C11H16BrNOS/c1-7-4-8(6-14-7)10(13)5-9-2-3-11(12)15-9/h2-3,7-8,10H,4-6,13H2,1H3. The molecule has 15 heavy (non-hydrogen) atoms. The van der Waals surface area contributed by atoms with Crippen molar-refractivity contribution in [2.24, 2.45) is 11.7 Å². The van der Waals surface area contributed by atoms with Gasteiger partial charge in [0.05, 0.1) is 16.5 Å². The van der Waals surface area contributed by atoms with Gasteiger partial charge in [-0.1, -0.05) is 0 Å². The Labute approximate surface area is 103 Å². The molecular weight excluding hydrogens is 274 g/mol. The highest BCUT2D eigenvalue weighted by Gasteiger charge is 2.27. The van der Waals surface area contributed by atoms with E-state index in [4.69, 9.17) is 10.5 Å². The molecule has 0 spiro atoms. The zero-order valence-electron chi connectivity index (χ0n) is 8.78. The monoisotopic (exact) mass is 289 g/mol. The molecule has 84 valence electrons. The average molecular weight is 290 g/mol. The molecule has 3 unspecified atom stereocenters. The molecule has 1 aromatic rings. The maximum atomic E-state index is 6.19. The number of halogens is 1. The normalized spacial score (nSPS) is 28.2. The molecule has 0 amide bonds. The molecule has 3 atom stereocenters. The van der Waals surface area contributed by atoms with Crippen LogP contribution >= 0.6 is 27.3 Å². The fourth-order valence-electron chi connectivity index (χ4n) is 2.01. The number of thiophene rings is 1. The molecule has 1 aromatic heterocycles. The molecule has 2 rings (SSSR count). The van der Waals surface area contributed by atoms with E-state index in [1.165, 1.54) is 8.66 Å². The molecule has 0 radical (unpaired) electrons. The number of hydrogen-bond acceptors (Lipinski definition) is 3. The second-order valence-corrected chi connectivity index (χ2v) is 6.76. The summed E-state index contributed by atoms with van der Waals surface area (Å²) in [5, 5.41) is 0. The average Bonchev–Trinajstić information content (AvgIpc) is 2.75. The van der Waals surface area contributed by atoms with Gasteiger partial charge in [0.25, 0.3) is 0 Å². The molecular formula is C11H16BrNOS. The Hall–Kier alpha value is 0.1000. The fourth-order valence-corrected chi connectivity index (χ4v) is 3.56. The van der Waals surface area contributed by atoms with Crippen molar-refractivity contribution in [2.45, 2.75) is 31.9 Å². The van der Waals surface area contributed by atoms with Crippen LogP contribution in [-0.2, 0) is 11.2 Å². The van der Waals surface area contributed by atoms with Gasteiger partial charge < -0.3 is 10.5 Å². The van der Waals surface area contributed by atoms with E-state index in [1.54, 1.807) is 11.3 Å². The molecule has 1 fully saturated rings. The first-order valence-electron chi connectivity index (χ1n) is 5.26. The Morgan fingerprint density at radius 3 is 3.00 bits per heavy atom. The topological polar surface area (TPSA) is 35.2 Å². The van der Waals surface area contributed by atoms with Crippen LogP contribution in [0, 0.1) is 5.92 Å². The minimum absolute atomic E-state index is 0.237. The first-order chi connectivity index (χ1) is 7.15. The summed E-state index contributed by atoms with van der Waals surface area (Å²) in [4.78, 5) is 1.36. The highest BCUT2D eigenvalue weighted by atomic mass is 79.9. The third-order valence-electron chi connectivity index (χ3n) is 2.90. The van der Waals surface area contributed by atoms with E-state index in [-0.39, 0.29) is 6.04 Å².